The molecule has 3 rings (SSSR count). The van der Waals surface area contributed by atoms with Gasteiger partial charge in [-0.3, -0.25) is 4.79 Å². The van der Waals surface area contributed by atoms with Gasteiger partial charge >= 0.3 is 0 Å². The summed E-state index contributed by atoms with van der Waals surface area (Å²) in [7, 11) is 0. The molecule has 7 heteroatoms. The number of benzene rings is 1. The van der Waals surface area contributed by atoms with Crippen LogP contribution in [0.2, 0.25) is 0 Å². The maximum atomic E-state index is 11.6. The molecular weight excluding hydrogens is 272 g/mol. The van der Waals surface area contributed by atoms with Crippen LogP contribution in [-0.2, 0) is 17.6 Å². The molecule has 0 radical (unpaired) electrons. The van der Waals surface area contributed by atoms with Gasteiger partial charge in [-0.05, 0) is 17.7 Å². The number of nitrogens with zero attached hydrogens (tertiary/aromatic N) is 2. The highest BCUT2D eigenvalue weighted by atomic mass is 16.5. The minimum Gasteiger partial charge on any atom is -0.508 e. The number of rotatable bonds is 4. The van der Waals surface area contributed by atoms with Crippen LogP contribution in [0, 0.1) is 0 Å². The average molecular weight is 288 g/mol. The summed E-state index contributed by atoms with van der Waals surface area (Å²) in [5, 5.41) is 19.1. The smallest absolute Gasteiger partial charge is 0.237 e. The van der Waals surface area contributed by atoms with Crippen LogP contribution in [0.15, 0.2) is 28.8 Å². The number of aromatic hydroxyl groups is 1. The molecule has 110 valence electrons. The molecule has 2 aromatic rings. The Morgan fingerprint density at radius 2 is 2.10 bits per heavy atom. The van der Waals surface area contributed by atoms with E-state index in [0.717, 1.165) is 12.1 Å². The van der Waals surface area contributed by atoms with E-state index >= 15 is 0 Å². The number of carbonyl (C=O) groups is 1. The van der Waals surface area contributed by atoms with Gasteiger partial charge in [0.05, 0.1) is 12.5 Å². The van der Waals surface area contributed by atoms with Crippen LogP contribution in [0.1, 0.15) is 17.3 Å². The van der Waals surface area contributed by atoms with Crippen molar-refractivity contribution in [1.82, 2.24) is 20.8 Å². The summed E-state index contributed by atoms with van der Waals surface area (Å²) in [6.07, 6.45) is 0.905. The Bertz CT molecular complexity index is 623. The normalized spacial score (nSPS) is 18.5. The van der Waals surface area contributed by atoms with Crippen LogP contribution < -0.4 is 10.6 Å². The fourth-order valence-electron chi connectivity index (χ4n) is 2.23. The third-order valence-electron chi connectivity index (χ3n) is 3.32. The van der Waals surface area contributed by atoms with Crippen molar-refractivity contribution in [1.29, 1.82) is 0 Å². The first-order chi connectivity index (χ1) is 10.2. The molecule has 1 aromatic heterocycles. The lowest BCUT2D eigenvalue weighted by Gasteiger charge is -2.21. The van der Waals surface area contributed by atoms with Crippen molar-refractivity contribution in [3.05, 3.63) is 41.5 Å². The molecule has 1 atom stereocenters. The molecular formula is C14H16N4O3. The van der Waals surface area contributed by atoms with Crippen molar-refractivity contribution < 1.29 is 14.4 Å². The number of nitrogens with one attached hydrogen (secondary N) is 2. The van der Waals surface area contributed by atoms with Crippen molar-refractivity contribution in [2.75, 3.05) is 13.1 Å². The number of hydrogen-bond acceptors (Lipinski definition) is 6. The van der Waals surface area contributed by atoms with Crippen LogP contribution in [0.25, 0.3) is 0 Å². The first kappa shape index (κ1) is 13.6. The summed E-state index contributed by atoms with van der Waals surface area (Å²) in [5.74, 6) is 1.19. The molecule has 0 bridgehead atoms. The zero-order valence-corrected chi connectivity index (χ0v) is 11.4. The second kappa shape index (κ2) is 5.92. The molecule has 21 heavy (non-hydrogen) atoms. The van der Waals surface area contributed by atoms with Gasteiger partial charge in [-0.2, -0.15) is 4.98 Å². The van der Waals surface area contributed by atoms with Gasteiger partial charge in [0.1, 0.15) is 5.75 Å². The largest absolute Gasteiger partial charge is 0.508 e. The molecule has 3 N–H and O–H groups in total. The number of hydrogen-bond donors (Lipinski definition) is 3. The first-order valence-corrected chi connectivity index (χ1v) is 6.81. The van der Waals surface area contributed by atoms with Gasteiger partial charge in [-0.1, -0.05) is 17.3 Å². The van der Waals surface area contributed by atoms with Crippen LogP contribution in [0.3, 0.4) is 0 Å². The quantitative estimate of drug-likeness (QED) is 0.732. The molecule has 0 saturated carbocycles. The molecule has 1 aromatic carbocycles. The van der Waals surface area contributed by atoms with E-state index in [0.29, 0.717) is 31.1 Å². The van der Waals surface area contributed by atoms with E-state index in [1.54, 1.807) is 12.1 Å². The van der Waals surface area contributed by atoms with Crippen molar-refractivity contribution >= 4 is 5.91 Å². The SMILES string of the molecule is O=C1NCCNC1Cc1nc(Cc2ccc(O)cc2)no1. The topological polar surface area (TPSA) is 100 Å². The van der Waals surface area contributed by atoms with Gasteiger partial charge in [0.25, 0.3) is 0 Å². The molecule has 1 saturated heterocycles. The number of phenolic OH excluding ortho intramolecular Hbond substituents is 1. The van der Waals surface area contributed by atoms with Crippen LogP contribution in [-0.4, -0.2) is 40.3 Å². The van der Waals surface area contributed by atoms with Crippen molar-refractivity contribution in [3.8, 4) is 5.75 Å². The highest BCUT2D eigenvalue weighted by Gasteiger charge is 2.24. The summed E-state index contributed by atoms with van der Waals surface area (Å²) >= 11 is 0. The second-order valence-corrected chi connectivity index (χ2v) is 4.95. The summed E-state index contributed by atoms with van der Waals surface area (Å²) in [5.41, 5.74) is 0.980. The highest BCUT2D eigenvalue weighted by molar-refractivity contribution is 5.82. The minimum absolute atomic E-state index is 0.0421. The molecule has 1 aliphatic heterocycles. The summed E-state index contributed by atoms with van der Waals surface area (Å²) in [6.45, 7) is 1.39. The van der Waals surface area contributed by atoms with Gasteiger partial charge in [-0.15, -0.1) is 0 Å². The van der Waals surface area contributed by atoms with Gasteiger partial charge in [0.15, 0.2) is 5.82 Å². The summed E-state index contributed by atoms with van der Waals surface area (Å²) in [6, 6.07) is 6.53. The fraction of sp³-hybridized carbons (Fsp3) is 0.357. The molecule has 0 spiro atoms. The van der Waals surface area contributed by atoms with E-state index < -0.39 is 0 Å². The maximum absolute atomic E-state index is 11.6. The van der Waals surface area contributed by atoms with E-state index in [1.165, 1.54) is 0 Å². The lowest BCUT2D eigenvalue weighted by Crippen LogP contribution is -2.53. The Kier molecular flexibility index (Phi) is 3.83. The van der Waals surface area contributed by atoms with Gasteiger partial charge in [0, 0.05) is 19.5 Å². The van der Waals surface area contributed by atoms with E-state index in [1.807, 2.05) is 12.1 Å². The zero-order chi connectivity index (χ0) is 14.7. The highest BCUT2D eigenvalue weighted by Crippen LogP contribution is 2.13. The number of amides is 1. The number of phenols is 1. The second-order valence-electron chi connectivity index (χ2n) is 4.95. The summed E-state index contributed by atoms with van der Waals surface area (Å²) < 4.78 is 5.18. The lowest BCUT2D eigenvalue weighted by atomic mass is 10.1. The molecule has 1 fully saturated rings. The predicted octanol–water partition coefficient (Wildman–Crippen LogP) is -0.00350. The Morgan fingerprint density at radius 3 is 2.86 bits per heavy atom. The van der Waals surface area contributed by atoms with E-state index in [2.05, 4.69) is 20.8 Å². The van der Waals surface area contributed by atoms with Crippen molar-refractivity contribution in [2.24, 2.45) is 0 Å². The Balaban J connectivity index is 1.63. The Hall–Kier alpha value is -2.41. The van der Waals surface area contributed by atoms with Crippen LogP contribution in [0.5, 0.6) is 5.75 Å². The predicted molar refractivity (Wildman–Crippen MR) is 73.7 cm³/mol. The van der Waals surface area contributed by atoms with E-state index in [9.17, 15) is 9.90 Å². The molecule has 7 nitrogen and oxygen atoms in total. The van der Waals surface area contributed by atoms with Gasteiger partial charge in [0.2, 0.25) is 11.8 Å². The third-order valence-corrected chi connectivity index (χ3v) is 3.32. The molecule has 0 aliphatic carbocycles. The van der Waals surface area contributed by atoms with Crippen molar-refractivity contribution in [2.45, 2.75) is 18.9 Å². The lowest BCUT2D eigenvalue weighted by molar-refractivity contribution is -0.124. The monoisotopic (exact) mass is 288 g/mol. The Labute approximate surface area is 121 Å². The van der Waals surface area contributed by atoms with Crippen LogP contribution in [0.4, 0.5) is 0 Å². The number of piperazine rings is 1. The van der Waals surface area contributed by atoms with Crippen molar-refractivity contribution in [3.63, 3.8) is 0 Å². The van der Waals surface area contributed by atoms with Gasteiger partial charge < -0.3 is 20.3 Å². The average Bonchev–Trinajstić information content (AvgIpc) is 2.91. The molecule has 1 aliphatic rings. The zero-order valence-electron chi connectivity index (χ0n) is 11.4. The van der Waals surface area contributed by atoms with E-state index in [4.69, 9.17) is 4.52 Å². The third kappa shape index (κ3) is 3.38. The summed E-state index contributed by atoms with van der Waals surface area (Å²) in [4.78, 5) is 15.9. The number of aromatic nitrogens is 2. The minimum atomic E-state index is -0.319. The Morgan fingerprint density at radius 1 is 1.29 bits per heavy atom. The fourth-order valence-corrected chi connectivity index (χ4v) is 2.23. The molecule has 1 amide bonds. The molecule has 2 heterocycles. The van der Waals surface area contributed by atoms with E-state index in [-0.39, 0.29) is 17.7 Å². The molecule has 1 unspecified atom stereocenters. The van der Waals surface area contributed by atoms with Crippen LogP contribution >= 0.6 is 0 Å². The maximum Gasteiger partial charge on any atom is 0.237 e. The standard InChI is InChI=1S/C14H16N4O3/c19-10-3-1-9(2-4-10)7-12-17-13(21-18-12)8-11-14(20)16-6-5-15-11/h1-4,11,15,19H,5-8H2,(H,16,20). The first-order valence-electron chi connectivity index (χ1n) is 6.81. The van der Waals surface area contributed by atoms with Gasteiger partial charge in [-0.25, -0.2) is 0 Å². The number of carbonyl (C=O) groups excluding carboxylic acids is 1.